The summed E-state index contributed by atoms with van der Waals surface area (Å²) in [5, 5.41) is 12.7. The summed E-state index contributed by atoms with van der Waals surface area (Å²) in [6.07, 6.45) is 2.49. The molecule has 4 nitrogen and oxygen atoms in total. The summed E-state index contributed by atoms with van der Waals surface area (Å²) in [5.74, 6) is 0.272. The van der Waals surface area contributed by atoms with Crippen molar-refractivity contribution in [2.45, 2.75) is 33.1 Å². The lowest BCUT2D eigenvalue weighted by atomic mass is 9.79. The smallest absolute Gasteiger partial charge is 0.255 e. The van der Waals surface area contributed by atoms with Gasteiger partial charge < -0.3 is 15.2 Å². The van der Waals surface area contributed by atoms with Crippen LogP contribution in [0, 0.1) is 5.41 Å². The number of carbonyl (C=O) groups excluding carboxylic acids is 1. The average Bonchev–Trinajstić information content (AvgIpc) is 2.51. The van der Waals surface area contributed by atoms with Crippen LogP contribution in [0.3, 0.4) is 0 Å². The number of hydrogen-bond acceptors (Lipinski definition) is 3. The number of aliphatic hydroxyl groups is 1. The Balaban J connectivity index is 2.81. The van der Waals surface area contributed by atoms with Crippen LogP contribution in [0.1, 0.15) is 43.5 Å². The minimum absolute atomic E-state index is 0.0654. The first-order valence-electron chi connectivity index (χ1n) is 7.24. The van der Waals surface area contributed by atoms with Crippen molar-refractivity contribution in [1.29, 1.82) is 0 Å². The van der Waals surface area contributed by atoms with Crippen LogP contribution in [0.25, 0.3) is 0 Å². The van der Waals surface area contributed by atoms with Crippen molar-refractivity contribution in [3.05, 3.63) is 28.8 Å². The molecule has 0 aliphatic heterocycles. The van der Waals surface area contributed by atoms with Gasteiger partial charge in [-0.25, -0.2) is 0 Å². The van der Waals surface area contributed by atoms with Gasteiger partial charge >= 0.3 is 0 Å². The summed E-state index contributed by atoms with van der Waals surface area (Å²) in [7, 11) is 1.51. The molecule has 0 atom stereocenters. The number of hydrogen-bond donors (Lipinski definition) is 2. The van der Waals surface area contributed by atoms with E-state index in [0.717, 1.165) is 12.8 Å². The molecule has 0 saturated heterocycles. The Morgan fingerprint density at radius 3 is 2.57 bits per heavy atom. The first-order valence-corrected chi connectivity index (χ1v) is 7.62. The molecule has 21 heavy (non-hydrogen) atoms. The van der Waals surface area contributed by atoms with Crippen LogP contribution in [0.15, 0.2) is 18.2 Å². The van der Waals surface area contributed by atoms with Crippen molar-refractivity contribution >= 4 is 17.5 Å². The van der Waals surface area contributed by atoms with Gasteiger partial charge in [-0.05, 0) is 42.9 Å². The highest BCUT2D eigenvalue weighted by molar-refractivity contribution is 6.30. The van der Waals surface area contributed by atoms with Gasteiger partial charge in [0.25, 0.3) is 5.91 Å². The highest BCUT2D eigenvalue weighted by atomic mass is 35.5. The lowest BCUT2D eigenvalue weighted by Crippen LogP contribution is -2.37. The van der Waals surface area contributed by atoms with Gasteiger partial charge in [-0.1, -0.05) is 25.4 Å². The Labute approximate surface area is 131 Å². The number of carbonyl (C=O) groups is 1. The summed E-state index contributed by atoms with van der Waals surface area (Å²) >= 11 is 5.90. The zero-order valence-corrected chi connectivity index (χ0v) is 13.7. The second-order valence-electron chi connectivity index (χ2n) is 5.21. The number of methoxy groups -OCH3 is 1. The van der Waals surface area contributed by atoms with Gasteiger partial charge in [0.05, 0.1) is 12.7 Å². The standard InChI is InChI=1S/C16H24ClNO3/c1-4-16(5-2,8-9-19)11-18-15(20)13-7-6-12(17)10-14(13)21-3/h6-7,10,19H,4-5,8-9,11H2,1-3H3,(H,18,20). The van der Waals surface area contributed by atoms with Gasteiger partial charge in [0, 0.05) is 18.2 Å². The molecule has 118 valence electrons. The zero-order valence-electron chi connectivity index (χ0n) is 12.9. The largest absolute Gasteiger partial charge is 0.496 e. The first-order chi connectivity index (χ1) is 10.0. The normalized spacial score (nSPS) is 11.3. The van der Waals surface area contributed by atoms with Gasteiger partial charge in [0.2, 0.25) is 0 Å². The Kier molecular flexibility index (Phi) is 6.99. The monoisotopic (exact) mass is 313 g/mol. The Morgan fingerprint density at radius 1 is 1.38 bits per heavy atom. The van der Waals surface area contributed by atoms with Crippen LogP contribution in [0.5, 0.6) is 5.75 Å². The number of nitrogens with one attached hydrogen (secondary N) is 1. The molecule has 0 unspecified atom stereocenters. The summed E-state index contributed by atoms with van der Waals surface area (Å²) < 4.78 is 5.19. The van der Waals surface area contributed by atoms with Gasteiger partial charge in [-0.15, -0.1) is 0 Å². The fourth-order valence-corrected chi connectivity index (χ4v) is 2.56. The minimum atomic E-state index is -0.187. The summed E-state index contributed by atoms with van der Waals surface area (Å²) in [6.45, 7) is 4.81. The SMILES string of the molecule is CCC(CC)(CCO)CNC(=O)c1ccc(Cl)cc1OC. The molecular weight excluding hydrogens is 290 g/mol. The molecule has 5 heteroatoms. The molecule has 1 aromatic carbocycles. The fourth-order valence-electron chi connectivity index (χ4n) is 2.39. The highest BCUT2D eigenvalue weighted by Crippen LogP contribution is 2.30. The van der Waals surface area contributed by atoms with Crippen LogP contribution in [-0.4, -0.2) is 31.3 Å². The molecule has 0 aliphatic carbocycles. The van der Waals surface area contributed by atoms with Gasteiger partial charge in [0.15, 0.2) is 0 Å². The Hall–Kier alpha value is -1.26. The zero-order chi connectivity index (χ0) is 15.9. The van der Waals surface area contributed by atoms with E-state index in [1.54, 1.807) is 18.2 Å². The fraction of sp³-hybridized carbons (Fsp3) is 0.562. The number of rotatable bonds is 8. The molecule has 1 aromatic rings. The molecule has 1 rings (SSSR count). The maximum Gasteiger partial charge on any atom is 0.255 e. The third-order valence-corrected chi connectivity index (χ3v) is 4.41. The van der Waals surface area contributed by atoms with Gasteiger partial charge in [0.1, 0.15) is 5.75 Å². The topological polar surface area (TPSA) is 58.6 Å². The molecule has 0 aliphatic rings. The molecule has 0 aromatic heterocycles. The first kappa shape index (κ1) is 17.8. The molecular formula is C16H24ClNO3. The number of halogens is 1. The van der Waals surface area contributed by atoms with E-state index in [1.165, 1.54) is 7.11 Å². The molecule has 0 saturated carbocycles. The van der Waals surface area contributed by atoms with E-state index < -0.39 is 0 Å². The van der Waals surface area contributed by atoms with E-state index >= 15 is 0 Å². The van der Waals surface area contributed by atoms with Crippen molar-refractivity contribution in [3.8, 4) is 5.75 Å². The molecule has 1 amide bonds. The Bertz CT molecular complexity index is 473. The van der Waals surface area contributed by atoms with Gasteiger partial charge in [-0.2, -0.15) is 0 Å². The van der Waals surface area contributed by atoms with Gasteiger partial charge in [-0.3, -0.25) is 4.79 Å². The molecule has 2 N–H and O–H groups in total. The number of benzene rings is 1. The lowest BCUT2D eigenvalue weighted by Gasteiger charge is -2.31. The summed E-state index contributed by atoms with van der Waals surface area (Å²) in [6, 6.07) is 4.94. The predicted octanol–water partition coefficient (Wildman–Crippen LogP) is 3.27. The summed E-state index contributed by atoms with van der Waals surface area (Å²) in [5.41, 5.74) is 0.399. The van der Waals surface area contributed by atoms with Crippen LogP contribution in [0.4, 0.5) is 0 Å². The van der Waals surface area contributed by atoms with E-state index in [1.807, 2.05) is 0 Å². The second-order valence-corrected chi connectivity index (χ2v) is 5.64. The third kappa shape index (κ3) is 4.61. The Morgan fingerprint density at radius 2 is 2.05 bits per heavy atom. The molecule has 0 bridgehead atoms. The quantitative estimate of drug-likeness (QED) is 0.774. The van der Waals surface area contributed by atoms with Crippen LogP contribution < -0.4 is 10.1 Å². The van der Waals surface area contributed by atoms with E-state index in [9.17, 15) is 9.90 Å². The maximum absolute atomic E-state index is 12.3. The van der Waals surface area contributed by atoms with E-state index in [2.05, 4.69) is 19.2 Å². The molecule has 0 radical (unpaired) electrons. The summed E-state index contributed by atoms with van der Waals surface area (Å²) in [4.78, 5) is 12.3. The third-order valence-electron chi connectivity index (χ3n) is 4.17. The molecule has 0 heterocycles. The van der Waals surface area contributed by atoms with Crippen LogP contribution >= 0.6 is 11.6 Å². The van der Waals surface area contributed by atoms with Crippen molar-refractivity contribution in [3.63, 3.8) is 0 Å². The lowest BCUT2D eigenvalue weighted by molar-refractivity contribution is 0.0904. The molecule has 0 spiro atoms. The van der Waals surface area contributed by atoms with E-state index in [0.29, 0.717) is 29.3 Å². The van der Waals surface area contributed by atoms with Crippen LogP contribution in [0.2, 0.25) is 5.02 Å². The molecule has 0 fully saturated rings. The minimum Gasteiger partial charge on any atom is -0.496 e. The van der Waals surface area contributed by atoms with Crippen molar-refractivity contribution in [1.82, 2.24) is 5.32 Å². The van der Waals surface area contributed by atoms with Crippen LogP contribution in [-0.2, 0) is 0 Å². The van der Waals surface area contributed by atoms with Crippen molar-refractivity contribution in [2.24, 2.45) is 5.41 Å². The number of amides is 1. The van der Waals surface area contributed by atoms with E-state index in [-0.39, 0.29) is 17.9 Å². The van der Waals surface area contributed by atoms with Crippen molar-refractivity contribution in [2.75, 3.05) is 20.3 Å². The number of aliphatic hydroxyl groups excluding tert-OH is 1. The maximum atomic E-state index is 12.3. The average molecular weight is 314 g/mol. The second kappa shape index (κ2) is 8.25. The van der Waals surface area contributed by atoms with E-state index in [4.69, 9.17) is 16.3 Å². The highest BCUT2D eigenvalue weighted by Gasteiger charge is 2.26. The predicted molar refractivity (Wildman–Crippen MR) is 85.1 cm³/mol. The van der Waals surface area contributed by atoms with Crippen molar-refractivity contribution < 1.29 is 14.6 Å². The number of ether oxygens (including phenoxy) is 1.